The summed E-state index contributed by atoms with van der Waals surface area (Å²) in [5, 5.41) is 7.75. The minimum Gasteiger partial charge on any atom is -0.353 e. The highest BCUT2D eigenvalue weighted by molar-refractivity contribution is 7.10. The molecule has 0 radical (unpaired) electrons. The van der Waals surface area contributed by atoms with E-state index in [1.54, 1.807) is 11.3 Å². The standard InChI is InChI=1S/C20H25N3O2S/c24-19(13-16-7-2-1-3-8-16)22-15-20(25)21-14-17(18-9-6-12-26-18)23-10-4-5-11-23/h1-3,6-9,12,17H,4-5,10-11,13-15H2,(H,21,25)(H,22,24). The first-order chi connectivity index (χ1) is 12.7. The third-order valence-corrected chi connectivity index (χ3v) is 5.57. The lowest BCUT2D eigenvalue weighted by Crippen LogP contribution is -2.41. The van der Waals surface area contributed by atoms with Gasteiger partial charge in [-0.25, -0.2) is 0 Å². The van der Waals surface area contributed by atoms with Crippen LogP contribution < -0.4 is 10.6 Å². The summed E-state index contributed by atoms with van der Waals surface area (Å²) in [6.07, 6.45) is 2.72. The second-order valence-electron chi connectivity index (χ2n) is 6.52. The van der Waals surface area contributed by atoms with E-state index in [9.17, 15) is 9.59 Å². The van der Waals surface area contributed by atoms with Crippen LogP contribution in [0.5, 0.6) is 0 Å². The van der Waals surface area contributed by atoms with Crippen molar-refractivity contribution in [3.05, 3.63) is 58.3 Å². The first-order valence-electron chi connectivity index (χ1n) is 9.07. The summed E-state index contributed by atoms with van der Waals surface area (Å²) < 4.78 is 0. The Morgan fingerprint density at radius 2 is 1.77 bits per heavy atom. The fraction of sp³-hybridized carbons (Fsp3) is 0.400. The van der Waals surface area contributed by atoms with Crippen molar-refractivity contribution in [3.63, 3.8) is 0 Å². The first-order valence-corrected chi connectivity index (χ1v) is 9.95. The van der Waals surface area contributed by atoms with E-state index in [4.69, 9.17) is 0 Å². The lowest BCUT2D eigenvalue weighted by atomic mass is 10.1. The molecule has 1 fully saturated rings. The Kier molecular flexibility index (Phi) is 6.80. The minimum absolute atomic E-state index is 0.0167. The molecule has 2 heterocycles. The topological polar surface area (TPSA) is 61.4 Å². The summed E-state index contributed by atoms with van der Waals surface area (Å²) in [5.74, 6) is -0.284. The van der Waals surface area contributed by atoms with Gasteiger partial charge in [-0.15, -0.1) is 11.3 Å². The number of rotatable bonds is 8. The molecule has 0 bridgehead atoms. The molecule has 2 aromatic rings. The maximum atomic E-state index is 12.1. The summed E-state index contributed by atoms with van der Waals surface area (Å²) >= 11 is 1.73. The maximum absolute atomic E-state index is 12.1. The molecule has 1 atom stereocenters. The van der Waals surface area contributed by atoms with Crippen molar-refractivity contribution < 1.29 is 9.59 Å². The second-order valence-corrected chi connectivity index (χ2v) is 7.50. The fourth-order valence-corrected chi connectivity index (χ4v) is 4.10. The van der Waals surface area contributed by atoms with E-state index < -0.39 is 0 Å². The van der Waals surface area contributed by atoms with Crippen LogP contribution in [0.4, 0.5) is 0 Å². The Bertz CT molecular complexity index is 697. The molecule has 1 aromatic heterocycles. The molecule has 2 amide bonds. The second kappa shape index (κ2) is 9.50. The Balaban J connectivity index is 1.44. The largest absolute Gasteiger partial charge is 0.353 e. The van der Waals surface area contributed by atoms with Crippen molar-refractivity contribution in [2.75, 3.05) is 26.2 Å². The zero-order chi connectivity index (χ0) is 18.2. The van der Waals surface area contributed by atoms with Crippen LogP contribution in [0.25, 0.3) is 0 Å². The van der Waals surface area contributed by atoms with Gasteiger partial charge in [0.2, 0.25) is 11.8 Å². The van der Waals surface area contributed by atoms with Crippen molar-refractivity contribution in [1.29, 1.82) is 0 Å². The molecular formula is C20H25N3O2S. The number of carbonyl (C=O) groups excluding carboxylic acids is 2. The Morgan fingerprint density at radius 1 is 1.00 bits per heavy atom. The molecule has 0 spiro atoms. The van der Waals surface area contributed by atoms with Gasteiger partial charge in [-0.05, 0) is 42.9 Å². The summed E-state index contributed by atoms with van der Waals surface area (Å²) in [4.78, 5) is 27.8. The summed E-state index contributed by atoms with van der Waals surface area (Å²) in [6, 6.07) is 13.9. The normalized spacial score (nSPS) is 15.5. The van der Waals surface area contributed by atoms with E-state index in [2.05, 4.69) is 33.0 Å². The quantitative estimate of drug-likeness (QED) is 0.749. The molecule has 1 saturated heterocycles. The van der Waals surface area contributed by atoms with Gasteiger partial charge >= 0.3 is 0 Å². The predicted molar refractivity (Wildman–Crippen MR) is 104 cm³/mol. The molecule has 6 heteroatoms. The van der Waals surface area contributed by atoms with Gasteiger partial charge in [0, 0.05) is 11.4 Å². The molecule has 2 N–H and O–H groups in total. The smallest absolute Gasteiger partial charge is 0.239 e. The monoisotopic (exact) mass is 371 g/mol. The number of benzene rings is 1. The molecule has 1 unspecified atom stereocenters. The summed E-state index contributed by atoms with van der Waals surface area (Å²) in [7, 11) is 0. The Hall–Kier alpha value is -2.18. The van der Waals surface area contributed by atoms with E-state index >= 15 is 0 Å². The fourth-order valence-electron chi connectivity index (χ4n) is 3.24. The van der Waals surface area contributed by atoms with Gasteiger partial charge in [-0.2, -0.15) is 0 Å². The highest BCUT2D eigenvalue weighted by Crippen LogP contribution is 2.27. The van der Waals surface area contributed by atoms with E-state index in [0.29, 0.717) is 13.0 Å². The molecule has 1 aliphatic rings. The van der Waals surface area contributed by atoms with Crippen LogP contribution in [-0.4, -0.2) is 42.9 Å². The van der Waals surface area contributed by atoms with E-state index in [1.165, 1.54) is 17.7 Å². The van der Waals surface area contributed by atoms with Gasteiger partial charge in [-0.3, -0.25) is 14.5 Å². The van der Waals surface area contributed by atoms with E-state index in [0.717, 1.165) is 18.7 Å². The number of hydrogen-bond acceptors (Lipinski definition) is 4. The molecule has 1 aromatic carbocycles. The molecule has 1 aliphatic heterocycles. The van der Waals surface area contributed by atoms with Crippen molar-refractivity contribution in [2.24, 2.45) is 0 Å². The lowest BCUT2D eigenvalue weighted by molar-refractivity contribution is -0.125. The SMILES string of the molecule is O=C(CNC(=O)Cc1ccccc1)NCC(c1cccs1)N1CCCC1. The number of thiophene rings is 1. The average molecular weight is 372 g/mol. The first kappa shape index (κ1) is 18.6. The van der Waals surface area contributed by atoms with Crippen LogP contribution in [0.1, 0.15) is 29.3 Å². The molecule has 0 aliphatic carbocycles. The van der Waals surface area contributed by atoms with Crippen LogP contribution in [0.3, 0.4) is 0 Å². The zero-order valence-electron chi connectivity index (χ0n) is 14.8. The van der Waals surface area contributed by atoms with Crippen molar-refractivity contribution in [3.8, 4) is 0 Å². The van der Waals surface area contributed by atoms with Crippen molar-refractivity contribution >= 4 is 23.2 Å². The average Bonchev–Trinajstić information content (AvgIpc) is 3.35. The zero-order valence-corrected chi connectivity index (χ0v) is 15.6. The number of carbonyl (C=O) groups is 2. The highest BCUT2D eigenvalue weighted by Gasteiger charge is 2.24. The van der Waals surface area contributed by atoms with Crippen LogP contribution in [-0.2, 0) is 16.0 Å². The van der Waals surface area contributed by atoms with Gasteiger partial charge in [0.25, 0.3) is 0 Å². The molecule has 3 rings (SSSR count). The van der Waals surface area contributed by atoms with Gasteiger partial charge in [0.15, 0.2) is 0 Å². The van der Waals surface area contributed by atoms with Gasteiger partial charge < -0.3 is 10.6 Å². The van der Waals surface area contributed by atoms with E-state index in [1.807, 2.05) is 30.3 Å². The van der Waals surface area contributed by atoms with E-state index in [-0.39, 0.29) is 24.4 Å². The van der Waals surface area contributed by atoms with Gasteiger partial charge in [0.05, 0.1) is 19.0 Å². The highest BCUT2D eigenvalue weighted by atomic mass is 32.1. The third-order valence-electron chi connectivity index (χ3n) is 4.60. The lowest BCUT2D eigenvalue weighted by Gasteiger charge is -2.26. The molecule has 26 heavy (non-hydrogen) atoms. The van der Waals surface area contributed by atoms with Gasteiger partial charge in [-0.1, -0.05) is 36.4 Å². The van der Waals surface area contributed by atoms with Crippen LogP contribution in [0.2, 0.25) is 0 Å². The number of nitrogens with one attached hydrogen (secondary N) is 2. The molecule has 5 nitrogen and oxygen atoms in total. The predicted octanol–water partition coefficient (Wildman–Crippen LogP) is 2.36. The van der Waals surface area contributed by atoms with Crippen molar-refractivity contribution in [1.82, 2.24) is 15.5 Å². The Labute approximate surface area is 158 Å². The molecular weight excluding hydrogens is 346 g/mol. The number of likely N-dealkylation sites (tertiary alicyclic amines) is 1. The van der Waals surface area contributed by atoms with Crippen LogP contribution in [0.15, 0.2) is 47.8 Å². The van der Waals surface area contributed by atoms with Gasteiger partial charge in [0.1, 0.15) is 0 Å². The number of nitrogens with zero attached hydrogens (tertiary/aromatic N) is 1. The Morgan fingerprint density at radius 3 is 2.46 bits per heavy atom. The maximum Gasteiger partial charge on any atom is 0.239 e. The number of amides is 2. The van der Waals surface area contributed by atoms with Crippen LogP contribution in [0, 0.1) is 0 Å². The van der Waals surface area contributed by atoms with Crippen molar-refractivity contribution in [2.45, 2.75) is 25.3 Å². The minimum atomic E-state index is -0.146. The summed E-state index contributed by atoms with van der Waals surface area (Å²) in [6.45, 7) is 2.75. The summed E-state index contributed by atoms with van der Waals surface area (Å²) in [5.41, 5.74) is 0.942. The van der Waals surface area contributed by atoms with Crippen LogP contribution >= 0.6 is 11.3 Å². The number of hydrogen-bond donors (Lipinski definition) is 2. The third kappa shape index (κ3) is 5.41. The molecule has 0 saturated carbocycles. The molecule has 138 valence electrons.